The second-order valence-electron chi connectivity index (χ2n) is 5.51. The van der Waals surface area contributed by atoms with Crippen LogP contribution in [0.5, 0.6) is 0 Å². The number of fused-ring (bicyclic) bond motifs is 3. The molecule has 23 heavy (non-hydrogen) atoms. The highest BCUT2D eigenvalue weighted by atomic mass is 35.5. The van der Waals surface area contributed by atoms with Gasteiger partial charge in [0.05, 0.1) is 18.9 Å². The normalized spacial score (nSPS) is 20.0. The first-order valence-electron chi connectivity index (χ1n) is 7.61. The maximum absolute atomic E-state index is 11.7. The van der Waals surface area contributed by atoms with Gasteiger partial charge in [0.15, 0.2) is 5.60 Å². The number of aromatic amines is 1. The number of nitrogens with zero attached hydrogens (tertiary/aromatic N) is 1. The van der Waals surface area contributed by atoms with E-state index >= 15 is 0 Å². The van der Waals surface area contributed by atoms with Crippen LogP contribution in [0.1, 0.15) is 31.0 Å². The molecule has 1 aliphatic heterocycles. The first-order valence-corrected chi connectivity index (χ1v) is 7.99. The van der Waals surface area contributed by atoms with Crippen molar-refractivity contribution in [2.45, 2.75) is 31.8 Å². The molecule has 1 N–H and O–H groups in total. The molecule has 0 bridgehead atoms. The van der Waals surface area contributed by atoms with Crippen molar-refractivity contribution in [1.29, 1.82) is 5.26 Å². The Morgan fingerprint density at radius 2 is 2.39 bits per heavy atom. The smallest absolute Gasteiger partial charge is 0.305 e. The molecule has 2 aromatic rings. The highest BCUT2D eigenvalue weighted by Crippen LogP contribution is 2.40. The monoisotopic (exact) mass is 332 g/mol. The van der Waals surface area contributed by atoms with Gasteiger partial charge in [0.25, 0.3) is 0 Å². The van der Waals surface area contributed by atoms with Crippen LogP contribution in [0.4, 0.5) is 0 Å². The van der Waals surface area contributed by atoms with Crippen molar-refractivity contribution in [1.82, 2.24) is 4.98 Å². The molecule has 0 radical (unpaired) electrons. The van der Waals surface area contributed by atoms with E-state index in [2.05, 4.69) is 11.1 Å². The zero-order chi connectivity index (χ0) is 16.4. The highest BCUT2D eigenvalue weighted by Gasteiger charge is 2.41. The maximum atomic E-state index is 11.7. The molecule has 1 aliphatic rings. The number of benzene rings is 1. The van der Waals surface area contributed by atoms with Crippen molar-refractivity contribution in [3.8, 4) is 6.07 Å². The topological polar surface area (TPSA) is 75.1 Å². The van der Waals surface area contributed by atoms with E-state index < -0.39 is 5.60 Å². The van der Waals surface area contributed by atoms with Crippen molar-refractivity contribution in [3.05, 3.63) is 34.5 Å². The number of esters is 1. The van der Waals surface area contributed by atoms with Crippen LogP contribution in [0.2, 0.25) is 5.02 Å². The third-order valence-electron chi connectivity index (χ3n) is 4.14. The maximum Gasteiger partial charge on any atom is 0.305 e. The molecule has 0 spiro atoms. The average molecular weight is 333 g/mol. The zero-order valence-electron chi connectivity index (χ0n) is 12.8. The van der Waals surface area contributed by atoms with E-state index in [1.54, 1.807) is 13.0 Å². The molecular weight excluding hydrogens is 316 g/mol. The van der Waals surface area contributed by atoms with Gasteiger partial charge in [0.1, 0.15) is 6.07 Å². The van der Waals surface area contributed by atoms with E-state index in [0.29, 0.717) is 24.7 Å². The molecule has 0 saturated heterocycles. The van der Waals surface area contributed by atoms with Gasteiger partial charge < -0.3 is 14.5 Å². The van der Waals surface area contributed by atoms with E-state index in [4.69, 9.17) is 21.1 Å². The van der Waals surface area contributed by atoms with Gasteiger partial charge in [-0.3, -0.25) is 4.79 Å². The Bertz CT molecular complexity index is 793. The zero-order valence-corrected chi connectivity index (χ0v) is 13.6. The van der Waals surface area contributed by atoms with Crippen molar-refractivity contribution in [3.63, 3.8) is 0 Å². The summed E-state index contributed by atoms with van der Waals surface area (Å²) < 4.78 is 10.7. The molecule has 2 heterocycles. The number of H-pyrrole nitrogens is 1. The fourth-order valence-corrected chi connectivity index (χ4v) is 3.25. The number of hydrogen-bond donors (Lipinski definition) is 1. The Labute approximate surface area is 139 Å². The lowest BCUT2D eigenvalue weighted by Crippen LogP contribution is -2.35. The summed E-state index contributed by atoms with van der Waals surface area (Å²) >= 11 is 6.09. The number of aromatic nitrogens is 1. The number of carbonyl (C=O) groups excluding carboxylic acids is 1. The molecule has 0 aliphatic carbocycles. The predicted molar refractivity (Wildman–Crippen MR) is 86.1 cm³/mol. The van der Waals surface area contributed by atoms with Crippen LogP contribution in [0.25, 0.3) is 10.9 Å². The highest BCUT2D eigenvalue weighted by molar-refractivity contribution is 6.31. The van der Waals surface area contributed by atoms with Crippen molar-refractivity contribution >= 4 is 28.5 Å². The number of rotatable bonds is 4. The molecule has 1 unspecified atom stereocenters. The summed E-state index contributed by atoms with van der Waals surface area (Å²) in [5.41, 5.74) is 1.54. The number of nitrogens with one attached hydrogen (secondary N) is 1. The lowest BCUT2D eigenvalue weighted by Gasteiger charge is -2.31. The summed E-state index contributed by atoms with van der Waals surface area (Å²) in [6, 6.07) is 7.84. The van der Waals surface area contributed by atoms with Gasteiger partial charge in [-0.1, -0.05) is 11.6 Å². The van der Waals surface area contributed by atoms with Crippen molar-refractivity contribution < 1.29 is 14.3 Å². The van der Waals surface area contributed by atoms with Crippen LogP contribution in [0.3, 0.4) is 0 Å². The predicted octanol–water partition coefficient (Wildman–Crippen LogP) is 3.46. The van der Waals surface area contributed by atoms with Gasteiger partial charge >= 0.3 is 5.97 Å². The van der Waals surface area contributed by atoms with Crippen molar-refractivity contribution in [2.75, 3.05) is 13.2 Å². The van der Waals surface area contributed by atoms with Gasteiger partial charge in [0, 0.05) is 28.8 Å². The van der Waals surface area contributed by atoms with E-state index in [1.165, 1.54) is 0 Å². The fraction of sp³-hybridized carbons (Fsp3) is 0.412. The SMILES string of the molecule is CCOC(=O)CCC1(C#N)OCCc2c1[nH]c1ccc(Cl)cc21. The Morgan fingerprint density at radius 3 is 3.13 bits per heavy atom. The minimum Gasteiger partial charge on any atom is -0.466 e. The van der Waals surface area contributed by atoms with Crippen LogP contribution >= 0.6 is 11.6 Å². The number of ether oxygens (including phenoxy) is 2. The molecule has 120 valence electrons. The molecule has 6 heteroatoms. The second kappa shape index (κ2) is 6.23. The summed E-state index contributed by atoms with van der Waals surface area (Å²) in [4.78, 5) is 14.9. The lowest BCUT2D eigenvalue weighted by atomic mass is 9.88. The number of nitriles is 1. The molecule has 5 nitrogen and oxygen atoms in total. The molecule has 3 rings (SSSR count). The quantitative estimate of drug-likeness (QED) is 0.870. The molecule has 1 aromatic heterocycles. The molecular formula is C17H17ClN2O3. The average Bonchev–Trinajstić information content (AvgIpc) is 2.92. The third kappa shape index (κ3) is 2.80. The lowest BCUT2D eigenvalue weighted by molar-refractivity contribution is -0.144. The summed E-state index contributed by atoms with van der Waals surface area (Å²) in [5.74, 6) is -0.322. The van der Waals surface area contributed by atoms with Gasteiger partial charge in [-0.15, -0.1) is 0 Å². The van der Waals surface area contributed by atoms with Crippen LogP contribution in [0, 0.1) is 11.3 Å². The molecule has 1 atom stereocenters. The van der Waals surface area contributed by atoms with Gasteiger partial charge in [0.2, 0.25) is 0 Å². The summed E-state index contributed by atoms with van der Waals surface area (Å²) in [6.07, 6.45) is 1.10. The number of carbonyl (C=O) groups is 1. The number of hydrogen-bond acceptors (Lipinski definition) is 4. The molecule has 0 amide bonds. The van der Waals surface area contributed by atoms with E-state index in [-0.39, 0.29) is 18.8 Å². The minimum absolute atomic E-state index is 0.136. The first kappa shape index (κ1) is 15.9. The molecule has 0 saturated carbocycles. The van der Waals surface area contributed by atoms with E-state index in [1.807, 2.05) is 12.1 Å². The minimum atomic E-state index is -1.15. The van der Waals surface area contributed by atoms with Crippen molar-refractivity contribution in [2.24, 2.45) is 0 Å². The second-order valence-corrected chi connectivity index (χ2v) is 5.95. The molecule has 0 fully saturated rings. The Hall–Kier alpha value is -2.03. The third-order valence-corrected chi connectivity index (χ3v) is 4.37. The van der Waals surface area contributed by atoms with Crippen LogP contribution in [-0.2, 0) is 26.3 Å². The van der Waals surface area contributed by atoms with Gasteiger partial charge in [-0.25, -0.2) is 0 Å². The van der Waals surface area contributed by atoms with Gasteiger partial charge in [-0.2, -0.15) is 5.26 Å². The van der Waals surface area contributed by atoms with Crippen LogP contribution in [-0.4, -0.2) is 24.2 Å². The molecule has 1 aromatic carbocycles. The van der Waals surface area contributed by atoms with Crippen LogP contribution < -0.4 is 0 Å². The summed E-state index contributed by atoms with van der Waals surface area (Å²) in [5, 5.41) is 11.4. The Balaban J connectivity index is 2.00. The largest absolute Gasteiger partial charge is 0.466 e. The summed E-state index contributed by atoms with van der Waals surface area (Å²) in [7, 11) is 0. The Kier molecular flexibility index (Phi) is 4.29. The number of halogens is 1. The van der Waals surface area contributed by atoms with E-state index in [0.717, 1.165) is 22.2 Å². The fourth-order valence-electron chi connectivity index (χ4n) is 3.08. The standard InChI is InChI=1S/C17H17ClN2O3/c1-2-22-15(21)5-7-17(10-19)16-12(6-8-23-17)13-9-11(18)3-4-14(13)20-16/h3-4,9,20H,2,5-8H2,1H3. The van der Waals surface area contributed by atoms with Crippen LogP contribution in [0.15, 0.2) is 18.2 Å². The Morgan fingerprint density at radius 1 is 1.57 bits per heavy atom. The summed E-state index contributed by atoms with van der Waals surface area (Å²) in [6.45, 7) is 2.52. The van der Waals surface area contributed by atoms with E-state index in [9.17, 15) is 10.1 Å². The first-order chi connectivity index (χ1) is 11.1. The van der Waals surface area contributed by atoms with Gasteiger partial charge in [-0.05, 0) is 37.1 Å².